The van der Waals surface area contributed by atoms with Crippen LogP contribution in [-0.2, 0) is 0 Å². The largest absolute Gasteiger partial charge is 0.334 e. The van der Waals surface area contributed by atoms with Crippen LogP contribution in [0.3, 0.4) is 0 Å². The third kappa shape index (κ3) is 2.68. The van der Waals surface area contributed by atoms with E-state index in [1.54, 1.807) is 0 Å². The summed E-state index contributed by atoms with van der Waals surface area (Å²) in [6.07, 6.45) is 2.18. The second kappa shape index (κ2) is 5.13. The molecule has 2 aromatic rings. The number of benzene rings is 1. The predicted molar refractivity (Wildman–Crippen MR) is 74.1 cm³/mol. The molecule has 1 aliphatic heterocycles. The highest BCUT2D eigenvalue weighted by Gasteiger charge is 2.21. The van der Waals surface area contributed by atoms with E-state index in [1.165, 1.54) is 11.1 Å². The summed E-state index contributed by atoms with van der Waals surface area (Å²) in [7, 11) is 0. The molecular weight excluding hydrogens is 238 g/mol. The monoisotopic (exact) mass is 257 g/mol. The number of nitrogens with zero attached hydrogens (tertiary/aromatic N) is 2. The van der Waals surface area contributed by atoms with E-state index in [1.807, 2.05) is 0 Å². The Morgan fingerprint density at radius 3 is 2.47 bits per heavy atom. The molecule has 4 nitrogen and oxygen atoms in total. The van der Waals surface area contributed by atoms with Crippen LogP contribution >= 0.6 is 0 Å². The molecule has 0 bridgehead atoms. The van der Waals surface area contributed by atoms with Crippen molar-refractivity contribution < 1.29 is 4.52 Å². The van der Waals surface area contributed by atoms with Crippen molar-refractivity contribution >= 4 is 0 Å². The maximum absolute atomic E-state index is 5.43. The SMILES string of the molecule is Cc1cc(C)cc(-c2nc(C3CCNCC3)no2)c1. The molecule has 4 heteroatoms. The van der Waals surface area contributed by atoms with Crippen LogP contribution in [0.1, 0.15) is 35.7 Å². The fourth-order valence-electron chi connectivity index (χ4n) is 2.70. The van der Waals surface area contributed by atoms with Crippen molar-refractivity contribution in [3.05, 3.63) is 35.2 Å². The summed E-state index contributed by atoms with van der Waals surface area (Å²) >= 11 is 0. The normalized spacial score (nSPS) is 16.7. The lowest BCUT2D eigenvalue weighted by atomic mass is 9.97. The molecule has 0 saturated carbocycles. The molecule has 0 atom stereocenters. The Bertz CT molecular complexity index is 550. The van der Waals surface area contributed by atoms with Crippen LogP contribution in [0, 0.1) is 13.8 Å². The Morgan fingerprint density at radius 1 is 1.11 bits per heavy atom. The molecule has 0 aliphatic carbocycles. The molecule has 2 heterocycles. The lowest BCUT2D eigenvalue weighted by Gasteiger charge is -2.18. The third-order valence-corrected chi connectivity index (χ3v) is 3.61. The summed E-state index contributed by atoms with van der Waals surface area (Å²) in [6, 6.07) is 6.33. The standard InChI is InChI=1S/C15H19N3O/c1-10-7-11(2)9-13(8-10)15-17-14(18-19-15)12-3-5-16-6-4-12/h7-9,12,16H,3-6H2,1-2H3. The van der Waals surface area contributed by atoms with E-state index in [0.717, 1.165) is 37.3 Å². The van der Waals surface area contributed by atoms with Crippen molar-refractivity contribution in [1.29, 1.82) is 0 Å². The van der Waals surface area contributed by atoms with Gasteiger partial charge in [0.05, 0.1) is 0 Å². The number of aryl methyl sites for hydroxylation is 2. The van der Waals surface area contributed by atoms with Gasteiger partial charge in [0.25, 0.3) is 5.89 Å². The number of aromatic nitrogens is 2. The van der Waals surface area contributed by atoms with Crippen molar-refractivity contribution in [3.8, 4) is 11.5 Å². The van der Waals surface area contributed by atoms with E-state index in [-0.39, 0.29) is 0 Å². The molecule has 1 saturated heterocycles. The van der Waals surface area contributed by atoms with Crippen molar-refractivity contribution in [2.45, 2.75) is 32.6 Å². The summed E-state index contributed by atoms with van der Waals surface area (Å²) in [6.45, 7) is 6.25. The van der Waals surface area contributed by atoms with E-state index in [9.17, 15) is 0 Å². The molecule has 1 fully saturated rings. The smallest absolute Gasteiger partial charge is 0.257 e. The zero-order valence-corrected chi connectivity index (χ0v) is 11.4. The summed E-state index contributed by atoms with van der Waals surface area (Å²) in [5, 5.41) is 7.51. The minimum atomic E-state index is 0.435. The molecule has 0 unspecified atom stereocenters. The van der Waals surface area contributed by atoms with Gasteiger partial charge in [-0.2, -0.15) is 4.98 Å². The van der Waals surface area contributed by atoms with Gasteiger partial charge in [0, 0.05) is 11.5 Å². The highest BCUT2D eigenvalue weighted by Crippen LogP contribution is 2.26. The van der Waals surface area contributed by atoms with Gasteiger partial charge in [0.1, 0.15) is 0 Å². The Hall–Kier alpha value is -1.68. The van der Waals surface area contributed by atoms with Gasteiger partial charge in [-0.1, -0.05) is 22.3 Å². The fraction of sp³-hybridized carbons (Fsp3) is 0.467. The van der Waals surface area contributed by atoms with Gasteiger partial charge in [0.2, 0.25) is 0 Å². The fourth-order valence-corrected chi connectivity index (χ4v) is 2.70. The zero-order chi connectivity index (χ0) is 13.2. The van der Waals surface area contributed by atoms with Crippen LogP contribution in [0.4, 0.5) is 0 Å². The number of nitrogens with one attached hydrogen (secondary N) is 1. The van der Waals surface area contributed by atoms with Gasteiger partial charge in [-0.15, -0.1) is 0 Å². The summed E-state index contributed by atoms with van der Waals surface area (Å²) in [4.78, 5) is 4.58. The van der Waals surface area contributed by atoms with Crippen LogP contribution in [0.2, 0.25) is 0 Å². The first-order valence-electron chi connectivity index (χ1n) is 6.85. The summed E-state index contributed by atoms with van der Waals surface area (Å²) in [5.41, 5.74) is 3.46. The van der Waals surface area contributed by atoms with Gasteiger partial charge in [-0.05, 0) is 51.9 Å². The van der Waals surface area contributed by atoms with Gasteiger partial charge in [-0.3, -0.25) is 0 Å². The lowest BCUT2D eigenvalue weighted by molar-refractivity contribution is 0.392. The average Bonchev–Trinajstić information content (AvgIpc) is 2.88. The number of hydrogen-bond donors (Lipinski definition) is 1. The van der Waals surface area contributed by atoms with E-state index in [4.69, 9.17) is 4.52 Å². The molecule has 1 aromatic heterocycles. The van der Waals surface area contributed by atoms with Crippen LogP contribution in [0.25, 0.3) is 11.5 Å². The summed E-state index contributed by atoms with van der Waals surface area (Å²) in [5.74, 6) is 1.93. The van der Waals surface area contributed by atoms with Gasteiger partial charge in [0.15, 0.2) is 5.82 Å². The van der Waals surface area contributed by atoms with Crippen molar-refractivity contribution in [3.63, 3.8) is 0 Å². The van der Waals surface area contributed by atoms with E-state index in [0.29, 0.717) is 11.8 Å². The van der Waals surface area contributed by atoms with Crippen molar-refractivity contribution in [2.75, 3.05) is 13.1 Å². The first kappa shape index (κ1) is 12.4. The third-order valence-electron chi connectivity index (χ3n) is 3.61. The molecule has 1 aliphatic rings. The molecular formula is C15H19N3O. The molecule has 0 radical (unpaired) electrons. The van der Waals surface area contributed by atoms with E-state index >= 15 is 0 Å². The summed E-state index contributed by atoms with van der Waals surface area (Å²) < 4.78 is 5.43. The van der Waals surface area contributed by atoms with Gasteiger partial charge < -0.3 is 9.84 Å². The van der Waals surface area contributed by atoms with Gasteiger partial charge in [-0.25, -0.2) is 0 Å². The molecule has 3 rings (SSSR count). The molecule has 1 aromatic carbocycles. The first-order valence-corrected chi connectivity index (χ1v) is 6.85. The molecule has 1 N–H and O–H groups in total. The Balaban J connectivity index is 1.87. The van der Waals surface area contributed by atoms with Crippen LogP contribution in [0.15, 0.2) is 22.7 Å². The molecule has 100 valence electrons. The molecule has 0 amide bonds. The van der Waals surface area contributed by atoms with Crippen LogP contribution in [0.5, 0.6) is 0 Å². The van der Waals surface area contributed by atoms with E-state index in [2.05, 4.69) is 47.5 Å². The topological polar surface area (TPSA) is 51.0 Å². The predicted octanol–water partition coefficient (Wildman–Crippen LogP) is 2.82. The number of hydrogen-bond acceptors (Lipinski definition) is 4. The van der Waals surface area contributed by atoms with E-state index < -0.39 is 0 Å². The van der Waals surface area contributed by atoms with Gasteiger partial charge >= 0.3 is 0 Å². The molecule has 19 heavy (non-hydrogen) atoms. The average molecular weight is 257 g/mol. The van der Waals surface area contributed by atoms with Crippen LogP contribution in [-0.4, -0.2) is 23.2 Å². The van der Waals surface area contributed by atoms with Crippen LogP contribution < -0.4 is 5.32 Å². The Labute approximate surface area is 113 Å². The minimum Gasteiger partial charge on any atom is -0.334 e. The highest BCUT2D eigenvalue weighted by atomic mass is 16.5. The number of piperidine rings is 1. The lowest BCUT2D eigenvalue weighted by Crippen LogP contribution is -2.27. The minimum absolute atomic E-state index is 0.435. The zero-order valence-electron chi connectivity index (χ0n) is 11.4. The maximum Gasteiger partial charge on any atom is 0.257 e. The second-order valence-electron chi connectivity index (χ2n) is 5.36. The number of rotatable bonds is 2. The Kier molecular flexibility index (Phi) is 3.34. The highest BCUT2D eigenvalue weighted by molar-refractivity contribution is 5.55. The van der Waals surface area contributed by atoms with Crippen molar-refractivity contribution in [2.24, 2.45) is 0 Å². The first-order chi connectivity index (χ1) is 9.22. The maximum atomic E-state index is 5.43. The second-order valence-corrected chi connectivity index (χ2v) is 5.36. The Morgan fingerprint density at radius 2 is 1.79 bits per heavy atom. The molecule has 0 spiro atoms. The van der Waals surface area contributed by atoms with Crippen molar-refractivity contribution in [1.82, 2.24) is 15.5 Å². The quantitative estimate of drug-likeness (QED) is 0.898.